The second-order valence-corrected chi connectivity index (χ2v) is 4.31. The molecule has 0 atom stereocenters. The van der Waals surface area contributed by atoms with Crippen LogP contribution in [0.3, 0.4) is 0 Å². The van der Waals surface area contributed by atoms with Crippen molar-refractivity contribution in [1.29, 1.82) is 0 Å². The number of carbonyl (C=O) groups excluding carboxylic acids is 1. The maximum Gasteiger partial charge on any atom is 0.471 e. The van der Waals surface area contributed by atoms with Crippen LogP contribution >= 0.6 is 0 Å². The van der Waals surface area contributed by atoms with Gasteiger partial charge in [-0.15, -0.1) is 0 Å². The van der Waals surface area contributed by atoms with Crippen molar-refractivity contribution in [3.05, 3.63) is 0 Å². The fourth-order valence-electron chi connectivity index (χ4n) is 1.44. The Morgan fingerprint density at radius 3 is 1.95 bits per heavy atom. The summed E-state index contributed by atoms with van der Waals surface area (Å²) in [4.78, 5) is 10.5. The van der Waals surface area contributed by atoms with Crippen molar-refractivity contribution in [3.8, 4) is 0 Å². The second-order valence-electron chi connectivity index (χ2n) is 4.31. The molecule has 0 spiro atoms. The highest BCUT2D eigenvalue weighted by atomic mass is 19.4. The van der Waals surface area contributed by atoms with Crippen LogP contribution in [0, 0.1) is 0 Å². The minimum Gasteiger partial charge on any atom is -0.348 e. The molecule has 0 aliphatic rings. The summed E-state index contributed by atoms with van der Waals surface area (Å²) in [6, 6.07) is 0. The molecular formula is C12H24F3N3O. The second kappa shape index (κ2) is 11.0. The van der Waals surface area contributed by atoms with Crippen LogP contribution < -0.4 is 16.0 Å². The number of amides is 1. The molecule has 1 amide bonds. The molecule has 0 fully saturated rings. The number of alkyl halides is 3. The lowest BCUT2D eigenvalue weighted by molar-refractivity contribution is -0.173. The van der Waals surface area contributed by atoms with Crippen LogP contribution in [0.1, 0.15) is 32.6 Å². The molecule has 7 heteroatoms. The first kappa shape index (κ1) is 18.2. The van der Waals surface area contributed by atoms with E-state index in [4.69, 9.17) is 0 Å². The van der Waals surface area contributed by atoms with Crippen molar-refractivity contribution < 1.29 is 18.0 Å². The highest BCUT2D eigenvalue weighted by Gasteiger charge is 2.38. The summed E-state index contributed by atoms with van der Waals surface area (Å²) >= 11 is 0. The molecule has 0 bridgehead atoms. The maximum absolute atomic E-state index is 11.8. The molecule has 0 aromatic heterocycles. The van der Waals surface area contributed by atoms with Crippen LogP contribution in [0.4, 0.5) is 13.2 Å². The van der Waals surface area contributed by atoms with E-state index in [2.05, 4.69) is 17.6 Å². The van der Waals surface area contributed by atoms with E-state index in [0.29, 0.717) is 13.0 Å². The van der Waals surface area contributed by atoms with Gasteiger partial charge in [0.25, 0.3) is 0 Å². The van der Waals surface area contributed by atoms with E-state index in [0.717, 1.165) is 38.9 Å². The minimum absolute atomic E-state index is 0.0450. The first-order valence-electron chi connectivity index (χ1n) is 6.75. The fraction of sp³-hybridized carbons (Fsp3) is 0.917. The van der Waals surface area contributed by atoms with Crippen molar-refractivity contribution in [3.63, 3.8) is 0 Å². The fourth-order valence-corrected chi connectivity index (χ4v) is 1.44. The van der Waals surface area contributed by atoms with Crippen molar-refractivity contribution in [2.24, 2.45) is 0 Å². The summed E-state index contributed by atoms with van der Waals surface area (Å²) < 4.78 is 35.5. The average Bonchev–Trinajstić information content (AvgIpc) is 2.34. The van der Waals surface area contributed by atoms with Gasteiger partial charge in [0.05, 0.1) is 0 Å². The Morgan fingerprint density at radius 1 is 0.895 bits per heavy atom. The van der Waals surface area contributed by atoms with Gasteiger partial charge in [-0.05, 0) is 51.9 Å². The Bertz CT molecular complexity index is 235. The molecule has 3 N–H and O–H groups in total. The Morgan fingerprint density at radius 2 is 1.42 bits per heavy atom. The van der Waals surface area contributed by atoms with Gasteiger partial charge in [0.2, 0.25) is 0 Å². The number of hydrogen-bond acceptors (Lipinski definition) is 3. The van der Waals surface area contributed by atoms with Gasteiger partial charge in [-0.3, -0.25) is 4.79 Å². The topological polar surface area (TPSA) is 53.2 Å². The number of carbonyl (C=O) groups is 1. The summed E-state index contributed by atoms with van der Waals surface area (Å²) in [6.07, 6.45) is -1.04. The normalized spacial score (nSPS) is 11.6. The summed E-state index contributed by atoms with van der Waals surface area (Å²) in [5.41, 5.74) is 0. The van der Waals surface area contributed by atoms with Crippen LogP contribution in [0.15, 0.2) is 0 Å². The molecule has 19 heavy (non-hydrogen) atoms. The Labute approximate surface area is 112 Å². The van der Waals surface area contributed by atoms with E-state index < -0.39 is 12.1 Å². The molecule has 0 aliphatic carbocycles. The van der Waals surface area contributed by atoms with Crippen molar-refractivity contribution in [2.75, 3.05) is 32.7 Å². The Balaban J connectivity index is 3.17. The van der Waals surface area contributed by atoms with Gasteiger partial charge in [0, 0.05) is 6.54 Å². The van der Waals surface area contributed by atoms with E-state index >= 15 is 0 Å². The molecule has 0 unspecified atom stereocenters. The SMILES string of the molecule is CCCNCCCCNCCCNC(=O)C(F)(F)F. The third kappa shape index (κ3) is 12.0. The minimum atomic E-state index is -4.78. The van der Waals surface area contributed by atoms with Crippen LogP contribution in [0.5, 0.6) is 0 Å². The zero-order valence-electron chi connectivity index (χ0n) is 11.4. The van der Waals surface area contributed by atoms with Gasteiger partial charge < -0.3 is 16.0 Å². The smallest absolute Gasteiger partial charge is 0.348 e. The first-order chi connectivity index (χ1) is 8.98. The quantitative estimate of drug-likeness (QED) is 0.503. The third-order valence-electron chi connectivity index (χ3n) is 2.46. The standard InChI is InChI=1S/C12H24F3N3O/c1-2-6-16-7-3-4-8-17-9-5-10-18-11(19)12(13,14)15/h16-17H,2-10H2,1H3,(H,18,19). The number of nitrogens with one attached hydrogen (secondary N) is 3. The average molecular weight is 283 g/mol. The van der Waals surface area contributed by atoms with Crippen molar-refractivity contribution in [2.45, 2.75) is 38.8 Å². The van der Waals surface area contributed by atoms with E-state index in [1.165, 1.54) is 0 Å². The van der Waals surface area contributed by atoms with Gasteiger partial charge in [0.1, 0.15) is 0 Å². The molecule has 0 aromatic carbocycles. The predicted octanol–water partition coefficient (Wildman–Crippen LogP) is 1.42. The van der Waals surface area contributed by atoms with Crippen LogP contribution in [-0.4, -0.2) is 44.8 Å². The maximum atomic E-state index is 11.8. The van der Waals surface area contributed by atoms with E-state index in [-0.39, 0.29) is 6.54 Å². The zero-order valence-corrected chi connectivity index (χ0v) is 11.4. The van der Waals surface area contributed by atoms with Gasteiger partial charge >= 0.3 is 12.1 Å². The van der Waals surface area contributed by atoms with Crippen LogP contribution in [0.25, 0.3) is 0 Å². The van der Waals surface area contributed by atoms with Gasteiger partial charge in [-0.25, -0.2) is 0 Å². The number of halogens is 3. The molecule has 0 aromatic rings. The zero-order chi connectivity index (χ0) is 14.6. The van der Waals surface area contributed by atoms with Crippen LogP contribution in [0.2, 0.25) is 0 Å². The Hall–Kier alpha value is -0.820. The molecule has 0 heterocycles. The Kier molecular flexibility index (Phi) is 10.6. The number of unbranched alkanes of at least 4 members (excludes halogenated alkanes) is 1. The van der Waals surface area contributed by atoms with Crippen molar-refractivity contribution >= 4 is 5.91 Å². The van der Waals surface area contributed by atoms with Gasteiger partial charge in [-0.2, -0.15) is 13.2 Å². The third-order valence-corrected chi connectivity index (χ3v) is 2.46. The predicted molar refractivity (Wildman–Crippen MR) is 68.9 cm³/mol. The summed E-state index contributed by atoms with van der Waals surface area (Å²) in [7, 11) is 0. The highest BCUT2D eigenvalue weighted by molar-refractivity contribution is 5.81. The van der Waals surface area contributed by atoms with Crippen molar-refractivity contribution in [1.82, 2.24) is 16.0 Å². The van der Waals surface area contributed by atoms with Crippen LogP contribution in [-0.2, 0) is 4.79 Å². The van der Waals surface area contributed by atoms with Gasteiger partial charge in [0.15, 0.2) is 0 Å². The van der Waals surface area contributed by atoms with E-state index in [1.54, 1.807) is 0 Å². The summed E-state index contributed by atoms with van der Waals surface area (Å²) in [6.45, 7) is 5.65. The lowest BCUT2D eigenvalue weighted by Crippen LogP contribution is -2.38. The summed E-state index contributed by atoms with van der Waals surface area (Å²) in [5, 5.41) is 8.25. The molecule has 0 radical (unpaired) electrons. The first-order valence-corrected chi connectivity index (χ1v) is 6.75. The monoisotopic (exact) mass is 283 g/mol. The summed E-state index contributed by atoms with van der Waals surface area (Å²) in [5.74, 6) is -1.87. The number of hydrogen-bond donors (Lipinski definition) is 3. The van der Waals surface area contributed by atoms with Gasteiger partial charge in [-0.1, -0.05) is 6.92 Å². The molecule has 0 rings (SSSR count). The highest BCUT2D eigenvalue weighted by Crippen LogP contribution is 2.13. The lowest BCUT2D eigenvalue weighted by Gasteiger charge is -2.08. The molecule has 0 aliphatic heterocycles. The molecule has 114 valence electrons. The molecule has 4 nitrogen and oxygen atoms in total. The molecular weight excluding hydrogens is 259 g/mol. The molecule has 0 saturated heterocycles. The number of rotatable bonds is 11. The largest absolute Gasteiger partial charge is 0.471 e. The van der Waals surface area contributed by atoms with E-state index in [9.17, 15) is 18.0 Å². The molecule has 0 saturated carbocycles. The van der Waals surface area contributed by atoms with E-state index in [1.807, 2.05) is 5.32 Å². The lowest BCUT2D eigenvalue weighted by atomic mass is 10.3.